The molecule has 206 valence electrons. The number of rotatable bonds is 10. The second-order valence-electron chi connectivity index (χ2n) is 9.96. The minimum atomic E-state index is -0.267. The molecule has 2 N–H and O–H groups in total. The average molecular weight is 613 g/mol. The van der Waals surface area contributed by atoms with E-state index < -0.39 is 0 Å². The lowest BCUT2D eigenvalue weighted by Crippen LogP contribution is -2.48. The highest BCUT2D eigenvalue weighted by Crippen LogP contribution is 2.29. The fourth-order valence-corrected chi connectivity index (χ4v) is 4.96. The van der Waals surface area contributed by atoms with Gasteiger partial charge in [-0.2, -0.15) is 0 Å². The normalized spacial score (nSPS) is 13.9. The standard InChI is InChI=1S/C30H35BrClN5O2/c1-35(2)14-15-36-16-18-37(19-17-36)28-11-8-24(29(38)33-13-12-22-6-9-25(31)10-7-22)21-27(28)34-30(39)23-4-3-5-26(32)20-23/h3-11,20-21H,12-19H2,1-2H3,(H,33,38)(H,34,39). The van der Waals surface area contributed by atoms with Gasteiger partial charge in [0.25, 0.3) is 11.8 Å². The summed E-state index contributed by atoms with van der Waals surface area (Å²) in [4.78, 5) is 33.1. The molecule has 1 aliphatic rings. The van der Waals surface area contributed by atoms with Crippen molar-refractivity contribution in [1.29, 1.82) is 0 Å². The first-order valence-corrected chi connectivity index (χ1v) is 14.3. The number of carbonyl (C=O) groups excluding carboxylic acids is 2. The van der Waals surface area contributed by atoms with E-state index in [1.165, 1.54) is 0 Å². The van der Waals surface area contributed by atoms with E-state index in [1.54, 1.807) is 30.3 Å². The van der Waals surface area contributed by atoms with E-state index in [0.717, 1.165) is 61.4 Å². The summed E-state index contributed by atoms with van der Waals surface area (Å²) < 4.78 is 1.03. The minimum absolute atomic E-state index is 0.176. The summed E-state index contributed by atoms with van der Waals surface area (Å²) in [5, 5.41) is 6.54. The minimum Gasteiger partial charge on any atom is -0.367 e. The van der Waals surface area contributed by atoms with Crippen LogP contribution in [0.5, 0.6) is 0 Å². The molecule has 2 amide bonds. The fourth-order valence-electron chi connectivity index (χ4n) is 4.50. The predicted molar refractivity (Wildman–Crippen MR) is 163 cm³/mol. The molecule has 0 bridgehead atoms. The number of nitrogens with zero attached hydrogens (tertiary/aromatic N) is 3. The van der Waals surface area contributed by atoms with Gasteiger partial charge in [-0.25, -0.2) is 0 Å². The van der Waals surface area contributed by atoms with Crippen LogP contribution in [0.1, 0.15) is 26.3 Å². The van der Waals surface area contributed by atoms with Crippen LogP contribution in [0.25, 0.3) is 0 Å². The SMILES string of the molecule is CN(C)CCN1CCN(c2ccc(C(=O)NCCc3ccc(Br)cc3)cc2NC(=O)c2cccc(Cl)c2)CC1. The molecule has 7 nitrogen and oxygen atoms in total. The first-order chi connectivity index (χ1) is 18.8. The number of hydrogen-bond donors (Lipinski definition) is 2. The molecular weight excluding hydrogens is 578 g/mol. The van der Waals surface area contributed by atoms with Crippen LogP contribution in [0, 0.1) is 0 Å². The van der Waals surface area contributed by atoms with E-state index in [0.29, 0.717) is 28.4 Å². The van der Waals surface area contributed by atoms with Crippen molar-refractivity contribution >= 4 is 50.7 Å². The molecule has 1 aliphatic heterocycles. The van der Waals surface area contributed by atoms with Crippen molar-refractivity contribution in [3.05, 3.63) is 92.9 Å². The summed E-state index contributed by atoms with van der Waals surface area (Å²) in [7, 11) is 4.17. The van der Waals surface area contributed by atoms with Crippen molar-refractivity contribution in [2.24, 2.45) is 0 Å². The zero-order valence-electron chi connectivity index (χ0n) is 22.4. The Morgan fingerprint density at radius 3 is 2.33 bits per heavy atom. The Hall–Kier alpha value is -2.91. The van der Waals surface area contributed by atoms with Crippen LogP contribution >= 0.6 is 27.5 Å². The van der Waals surface area contributed by atoms with Gasteiger partial charge in [-0.1, -0.05) is 45.7 Å². The van der Waals surface area contributed by atoms with Crippen molar-refractivity contribution in [1.82, 2.24) is 15.1 Å². The molecule has 4 rings (SSSR count). The van der Waals surface area contributed by atoms with Gasteiger partial charge in [-0.15, -0.1) is 0 Å². The first-order valence-electron chi connectivity index (χ1n) is 13.1. The first kappa shape index (κ1) is 29.1. The number of hydrogen-bond acceptors (Lipinski definition) is 5. The van der Waals surface area contributed by atoms with Crippen molar-refractivity contribution in [3.63, 3.8) is 0 Å². The van der Waals surface area contributed by atoms with E-state index in [-0.39, 0.29) is 11.8 Å². The lowest BCUT2D eigenvalue weighted by molar-refractivity contribution is 0.0952. The molecule has 1 heterocycles. The van der Waals surface area contributed by atoms with E-state index in [4.69, 9.17) is 11.6 Å². The van der Waals surface area contributed by atoms with E-state index >= 15 is 0 Å². The number of piperazine rings is 1. The molecule has 0 saturated carbocycles. The average Bonchev–Trinajstić information content (AvgIpc) is 2.93. The number of benzene rings is 3. The summed E-state index contributed by atoms with van der Waals surface area (Å²) >= 11 is 9.56. The van der Waals surface area contributed by atoms with Gasteiger partial charge in [0, 0.05) is 66.4 Å². The Labute approximate surface area is 244 Å². The zero-order chi connectivity index (χ0) is 27.8. The summed E-state index contributed by atoms with van der Waals surface area (Å²) in [6.07, 6.45) is 0.730. The topological polar surface area (TPSA) is 67.9 Å². The molecule has 39 heavy (non-hydrogen) atoms. The van der Waals surface area contributed by atoms with Crippen molar-refractivity contribution in [2.75, 3.05) is 70.1 Å². The lowest BCUT2D eigenvalue weighted by Gasteiger charge is -2.37. The molecule has 0 unspecified atom stereocenters. The van der Waals surface area contributed by atoms with E-state index in [1.807, 2.05) is 36.4 Å². The van der Waals surface area contributed by atoms with Crippen LogP contribution in [0.3, 0.4) is 0 Å². The highest BCUT2D eigenvalue weighted by atomic mass is 79.9. The largest absolute Gasteiger partial charge is 0.367 e. The van der Waals surface area contributed by atoms with Crippen LogP contribution in [0.15, 0.2) is 71.2 Å². The van der Waals surface area contributed by atoms with Gasteiger partial charge in [0.15, 0.2) is 0 Å². The second-order valence-corrected chi connectivity index (χ2v) is 11.3. The van der Waals surface area contributed by atoms with Gasteiger partial charge in [0.2, 0.25) is 0 Å². The Kier molecular flexibility index (Phi) is 10.4. The molecule has 3 aromatic carbocycles. The smallest absolute Gasteiger partial charge is 0.255 e. The van der Waals surface area contributed by atoms with Crippen LogP contribution in [0.4, 0.5) is 11.4 Å². The second kappa shape index (κ2) is 13.9. The predicted octanol–water partition coefficient (Wildman–Crippen LogP) is 5.01. The van der Waals surface area contributed by atoms with Crippen LogP contribution in [0.2, 0.25) is 5.02 Å². The molecule has 3 aromatic rings. The molecule has 1 saturated heterocycles. The van der Waals surface area contributed by atoms with Crippen LogP contribution in [-0.4, -0.2) is 81.5 Å². The zero-order valence-corrected chi connectivity index (χ0v) is 24.8. The molecule has 0 aromatic heterocycles. The number of nitrogens with one attached hydrogen (secondary N) is 2. The molecule has 0 spiro atoms. The third kappa shape index (κ3) is 8.54. The highest BCUT2D eigenvalue weighted by molar-refractivity contribution is 9.10. The number of likely N-dealkylation sites (N-methyl/N-ethyl adjacent to an activating group) is 1. The monoisotopic (exact) mass is 611 g/mol. The summed E-state index contributed by atoms with van der Waals surface area (Å²) in [5.41, 5.74) is 3.63. The number of amides is 2. The van der Waals surface area contributed by atoms with Gasteiger partial charge in [-0.3, -0.25) is 14.5 Å². The Morgan fingerprint density at radius 1 is 0.923 bits per heavy atom. The van der Waals surface area contributed by atoms with Crippen LogP contribution < -0.4 is 15.5 Å². The van der Waals surface area contributed by atoms with E-state index in [9.17, 15) is 9.59 Å². The molecule has 0 atom stereocenters. The molecule has 0 aliphatic carbocycles. The summed E-state index contributed by atoms with van der Waals surface area (Å²) in [5.74, 6) is -0.443. The Bertz CT molecular complexity index is 1280. The van der Waals surface area contributed by atoms with Gasteiger partial charge in [-0.05, 0) is 74.6 Å². The van der Waals surface area contributed by atoms with Gasteiger partial charge in [0.05, 0.1) is 11.4 Å². The fraction of sp³-hybridized carbons (Fsp3) is 0.333. The summed E-state index contributed by atoms with van der Waals surface area (Å²) in [6, 6.07) is 20.4. The number of anilines is 2. The Balaban J connectivity index is 1.48. The lowest BCUT2D eigenvalue weighted by atomic mass is 10.1. The van der Waals surface area contributed by atoms with Gasteiger partial charge in [0.1, 0.15) is 0 Å². The van der Waals surface area contributed by atoms with Crippen molar-refractivity contribution < 1.29 is 9.59 Å². The highest BCUT2D eigenvalue weighted by Gasteiger charge is 2.21. The van der Waals surface area contributed by atoms with Gasteiger partial charge >= 0.3 is 0 Å². The maximum atomic E-state index is 13.1. The quantitative estimate of drug-likeness (QED) is 0.337. The molecule has 0 radical (unpaired) electrons. The van der Waals surface area contributed by atoms with Crippen LogP contribution in [-0.2, 0) is 6.42 Å². The van der Waals surface area contributed by atoms with Gasteiger partial charge < -0.3 is 20.4 Å². The number of halogens is 2. The summed E-state index contributed by atoms with van der Waals surface area (Å²) in [6.45, 7) is 6.12. The molecule has 1 fully saturated rings. The Morgan fingerprint density at radius 2 is 1.64 bits per heavy atom. The van der Waals surface area contributed by atoms with E-state index in [2.05, 4.69) is 55.4 Å². The maximum Gasteiger partial charge on any atom is 0.255 e. The number of carbonyl (C=O) groups is 2. The van der Waals surface area contributed by atoms with Crippen molar-refractivity contribution in [2.45, 2.75) is 6.42 Å². The third-order valence-electron chi connectivity index (χ3n) is 6.78. The molecule has 9 heteroatoms. The molecular formula is C30H35BrClN5O2. The maximum absolute atomic E-state index is 13.1. The third-order valence-corrected chi connectivity index (χ3v) is 7.55. The van der Waals surface area contributed by atoms with Crippen molar-refractivity contribution in [3.8, 4) is 0 Å².